The third kappa shape index (κ3) is 2.68. The van der Waals surface area contributed by atoms with E-state index in [9.17, 15) is 4.79 Å². The Morgan fingerprint density at radius 2 is 2.18 bits per heavy atom. The fourth-order valence-electron chi connectivity index (χ4n) is 1.41. The second-order valence-corrected chi connectivity index (χ2v) is 4.33. The van der Waals surface area contributed by atoms with E-state index in [2.05, 4.69) is 10.5 Å². The molecular weight excluding hydrogens is 236 g/mol. The van der Waals surface area contributed by atoms with Crippen LogP contribution in [0.3, 0.4) is 0 Å². The second kappa shape index (κ2) is 5.05. The minimum Gasteiger partial charge on any atom is -0.361 e. The van der Waals surface area contributed by atoms with E-state index in [1.165, 1.54) is 0 Å². The van der Waals surface area contributed by atoms with Crippen LogP contribution in [0.5, 0.6) is 0 Å². The van der Waals surface area contributed by atoms with E-state index in [0.29, 0.717) is 11.5 Å². The Balaban J connectivity index is 2.18. The number of hydrogen-bond donors (Lipinski definition) is 1. The maximum absolute atomic E-state index is 11.9. The van der Waals surface area contributed by atoms with Gasteiger partial charge in [0.1, 0.15) is 5.76 Å². The van der Waals surface area contributed by atoms with Crippen molar-refractivity contribution in [2.75, 3.05) is 11.6 Å². The monoisotopic (exact) mass is 248 g/mol. The Kier molecular flexibility index (Phi) is 3.49. The molecule has 0 bridgehead atoms. The van der Waals surface area contributed by atoms with E-state index in [0.717, 1.165) is 10.6 Å². The molecule has 1 N–H and O–H groups in total. The summed E-state index contributed by atoms with van der Waals surface area (Å²) in [7, 11) is 0. The van der Waals surface area contributed by atoms with Crippen LogP contribution in [0, 0.1) is 6.92 Å². The van der Waals surface area contributed by atoms with Gasteiger partial charge >= 0.3 is 0 Å². The number of carbonyl (C=O) groups excluding carboxylic acids is 1. The lowest BCUT2D eigenvalue weighted by molar-refractivity contribution is 0.101. The summed E-state index contributed by atoms with van der Waals surface area (Å²) in [5.74, 6) is 0.358. The smallest absolute Gasteiger partial charge is 0.277 e. The molecule has 1 amide bonds. The van der Waals surface area contributed by atoms with Gasteiger partial charge in [-0.05, 0) is 25.3 Å². The molecule has 0 aliphatic heterocycles. The Labute approximate surface area is 103 Å². The highest BCUT2D eigenvalue weighted by atomic mass is 32.2. The lowest BCUT2D eigenvalue weighted by atomic mass is 10.3. The number of thioether (sulfide) groups is 1. The topological polar surface area (TPSA) is 55.1 Å². The number of aromatic nitrogens is 1. The van der Waals surface area contributed by atoms with Crippen LogP contribution in [-0.2, 0) is 0 Å². The molecule has 0 radical (unpaired) electrons. The van der Waals surface area contributed by atoms with Gasteiger partial charge in [-0.25, -0.2) is 0 Å². The first-order valence-electron chi connectivity index (χ1n) is 5.08. The molecule has 1 heterocycles. The molecule has 0 unspecified atom stereocenters. The summed E-state index contributed by atoms with van der Waals surface area (Å²) in [4.78, 5) is 12.9. The van der Waals surface area contributed by atoms with Gasteiger partial charge in [0.05, 0.1) is 5.69 Å². The van der Waals surface area contributed by atoms with Crippen LogP contribution < -0.4 is 5.32 Å². The predicted molar refractivity (Wildman–Crippen MR) is 67.4 cm³/mol. The number of anilines is 1. The molecule has 0 aliphatic carbocycles. The molecule has 4 nitrogen and oxygen atoms in total. The van der Waals surface area contributed by atoms with Gasteiger partial charge in [-0.3, -0.25) is 4.79 Å². The summed E-state index contributed by atoms with van der Waals surface area (Å²) >= 11 is 1.58. The largest absolute Gasteiger partial charge is 0.361 e. The van der Waals surface area contributed by atoms with Gasteiger partial charge in [0, 0.05) is 11.0 Å². The van der Waals surface area contributed by atoms with Gasteiger partial charge in [0.2, 0.25) is 0 Å². The number of nitrogens with zero attached hydrogens (tertiary/aromatic N) is 1. The number of para-hydroxylation sites is 1. The van der Waals surface area contributed by atoms with Crippen molar-refractivity contribution in [3.05, 3.63) is 41.8 Å². The van der Waals surface area contributed by atoms with Gasteiger partial charge in [0.15, 0.2) is 5.69 Å². The van der Waals surface area contributed by atoms with Crippen molar-refractivity contribution in [3.8, 4) is 0 Å². The number of benzene rings is 1. The van der Waals surface area contributed by atoms with Crippen molar-refractivity contribution >= 4 is 23.4 Å². The molecule has 1 aromatic heterocycles. The molecular formula is C12H12N2O2S. The standard InChI is InChI=1S/C12H12N2O2S/c1-8-7-10(14-16-8)12(15)13-9-5-3-4-6-11(9)17-2/h3-7H,1-2H3,(H,13,15). The highest BCUT2D eigenvalue weighted by molar-refractivity contribution is 7.98. The van der Waals surface area contributed by atoms with Gasteiger partial charge in [-0.15, -0.1) is 11.8 Å². The van der Waals surface area contributed by atoms with Crippen molar-refractivity contribution < 1.29 is 9.32 Å². The van der Waals surface area contributed by atoms with Crippen LogP contribution in [0.15, 0.2) is 39.8 Å². The van der Waals surface area contributed by atoms with E-state index in [4.69, 9.17) is 4.52 Å². The molecule has 88 valence electrons. The number of amides is 1. The van der Waals surface area contributed by atoms with E-state index in [1.54, 1.807) is 24.8 Å². The number of rotatable bonds is 3. The maximum Gasteiger partial charge on any atom is 0.277 e. The molecule has 0 saturated carbocycles. The maximum atomic E-state index is 11.9. The number of carbonyl (C=O) groups is 1. The highest BCUT2D eigenvalue weighted by Gasteiger charge is 2.12. The van der Waals surface area contributed by atoms with Gasteiger partial charge in [0.25, 0.3) is 5.91 Å². The quantitative estimate of drug-likeness (QED) is 0.848. The van der Waals surface area contributed by atoms with E-state index < -0.39 is 0 Å². The average molecular weight is 248 g/mol. The summed E-state index contributed by atoms with van der Waals surface area (Å²) in [6, 6.07) is 9.23. The minimum absolute atomic E-state index is 0.261. The zero-order valence-electron chi connectivity index (χ0n) is 9.56. The lowest BCUT2D eigenvalue weighted by Gasteiger charge is -2.07. The zero-order valence-corrected chi connectivity index (χ0v) is 10.4. The fraction of sp³-hybridized carbons (Fsp3) is 0.167. The summed E-state index contributed by atoms with van der Waals surface area (Å²) in [6.07, 6.45) is 1.96. The second-order valence-electron chi connectivity index (χ2n) is 3.48. The molecule has 0 atom stereocenters. The van der Waals surface area contributed by atoms with Crippen molar-refractivity contribution in [1.82, 2.24) is 5.16 Å². The van der Waals surface area contributed by atoms with Crippen LogP contribution in [0.1, 0.15) is 16.2 Å². The molecule has 1 aromatic carbocycles. The minimum atomic E-state index is -0.261. The predicted octanol–water partition coefficient (Wildman–Crippen LogP) is 2.96. The zero-order chi connectivity index (χ0) is 12.3. The van der Waals surface area contributed by atoms with Crippen LogP contribution >= 0.6 is 11.8 Å². The molecule has 5 heteroatoms. The van der Waals surface area contributed by atoms with Crippen LogP contribution in [0.25, 0.3) is 0 Å². The Bertz CT molecular complexity index is 537. The Morgan fingerprint density at radius 3 is 2.82 bits per heavy atom. The molecule has 0 spiro atoms. The van der Waals surface area contributed by atoms with Gasteiger partial charge < -0.3 is 9.84 Å². The van der Waals surface area contributed by atoms with E-state index >= 15 is 0 Å². The lowest BCUT2D eigenvalue weighted by Crippen LogP contribution is -2.12. The first-order valence-corrected chi connectivity index (χ1v) is 6.31. The summed E-state index contributed by atoms with van der Waals surface area (Å²) in [5, 5.41) is 6.48. The molecule has 0 aliphatic rings. The molecule has 2 rings (SSSR count). The molecule has 0 saturated heterocycles. The first-order chi connectivity index (χ1) is 8.20. The van der Waals surface area contributed by atoms with Gasteiger partial charge in [-0.1, -0.05) is 17.3 Å². The summed E-state index contributed by atoms with van der Waals surface area (Å²) in [6.45, 7) is 1.75. The third-order valence-electron chi connectivity index (χ3n) is 2.22. The van der Waals surface area contributed by atoms with Crippen molar-refractivity contribution in [2.45, 2.75) is 11.8 Å². The number of hydrogen-bond acceptors (Lipinski definition) is 4. The molecule has 2 aromatic rings. The Hall–Kier alpha value is -1.75. The summed E-state index contributed by atoms with van der Waals surface area (Å²) in [5.41, 5.74) is 1.07. The molecule has 0 fully saturated rings. The van der Waals surface area contributed by atoms with Crippen LogP contribution in [-0.4, -0.2) is 17.3 Å². The fourth-order valence-corrected chi connectivity index (χ4v) is 1.96. The number of aryl methyl sites for hydroxylation is 1. The van der Waals surface area contributed by atoms with E-state index in [-0.39, 0.29) is 5.91 Å². The van der Waals surface area contributed by atoms with E-state index in [1.807, 2.05) is 30.5 Å². The first kappa shape index (κ1) is 11.7. The normalized spacial score (nSPS) is 10.2. The SMILES string of the molecule is CSc1ccccc1NC(=O)c1cc(C)on1. The van der Waals surface area contributed by atoms with Crippen molar-refractivity contribution in [2.24, 2.45) is 0 Å². The third-order valence-corrected chi connectivity index (χ3v) is 3.01. The van der Waals surface area contributed by atoms with Gasteiger partial charge in [-0.2, -0.15) is 0 Å². The van der Waals surface area contributed by atoms with Crippen molar-refractivity contribution in [3.63, 3.8) is 0 Å². The van der Waals surface area contributed by atoms with Crippen LogP contribution in [0.2, 0.25) is 0 Å². The van der Waals surface area contributed by atoms with Crippen LogP contribution in [0.4, 0.5) is 5.69 Å². The summed E-state index contributed by atoms with van der Waals surface area (Å²) < 4.78 is 4.86. The highest BCUT2D eigenvalue weighted by Crippen LogP contribution is 2.24. The number of nitrogens with one attached hydrogen (secondary N) is 1. The van der Waals surface area contributed by atoms with Crippen molar-refractivity contribution in [1.29, 1.82) is 0 Å². The Morgan fingerprint density at radius 1 is 1.41 bits per heavy atom. The molecule has 17 heavy (non-hydrogen) atoms. The average Bonchev–Trinajstić information content (AvgIpc) is 2.77.